The molecule has 4 atom stereocenters. The largest absolute Gasteiger partial charge is 0.495 e. The van der Waals surface area contributed by atoms with Gasteiger partial charge < -0.3 is 9.64 Å². The lowest BCUT2D eigenvalue weighted by Crippen LogP contribution is -2.65. The predicted molar refractivity (Wildman–Crippen MR) is 128 cm³/mol. The van der Waals surface area contributed by atoms with E-state index in [2.05, 4.69) is 17.0 Å². The Hall–Kier alpha value is -2.66. The van der Waals surface area contributed by atoms with Gasteiger partial charge in [0.15, 0.2) is 5.78 Å². The molecule has 3 aliphatic heterocycles. The lowest BCUT2D eigenvalue weighted by Gasteiger charge is -2.58. The van der Waals surface area contributed by atoms with Gasteiger partial charge in [0.05, 0.1) is 12.8 Å². The van der Waals surface area contributed by atoms with E-state index in [1.165, 1.54) is 5.56 Å². The van der Waals surface area contributed by atoms with Crippen LogP contribution in [-0.4, -0.2) is 48.9 Å². The highest BCUT2D eigenvalue weighted by molar-refractivity contribution is 5.99. The fraction of sp³-hybridized carbons (Fsp3) is 0.500. The molecule has 2 aromatic carbocycles. The topological polar surface area (TPSA) is 49.9 Å². The predicted octanol–water partition coefficient (Wildman–Crippen LogP) is 4.59. The van der Waals surface area contributed by atoms with Crippen LogP contribution in [0, 0.1) is 5.41 Å². The number of ether oxygens (including phenoxy) is 1. The van der Waals surface area contributed by atoms with E-state index in [1.54, 1.807) is 14.0 Å². The second-order valence-electron chi connectivity index (χ2n) is 10.5. The van der Waals surface area contributed by atoms with Crippen molar-refractivity contribution in [2.45, 2.75) is 62.9 Å². The second kappa shape index (κ2) is 7.42. The molecule has 172 valence electrons. The maximum atomic E-state index is 13.5. The molecule has 2 aromatic rings. The van der Waals surface area contributed by atoms with Crippen molar-refractivity contribution in [1.82, 2.24) is 4.90 Å². The SMILES string of the molecule is COc1cccc2c1N(C(C)=O)[C@@H]1CC[C@@]3(CC(=O)c4ccccc4)CCCN4CC[C@@]21[C@H]43. The average molecular weight is 445 g/mol. The van der Waals surface area contributed by atoms with Crippen LogP contribution >= 0.6 is 0 Å². The number of hydrogen-bond donors (Lipinski definition) is 0. The van der Waals surface area contributed by atoms with Gasteiger partial charge in [0, 0.05) is 36.4 Å². The lowest BCUT2D eigenvalue weighted by atomic mass is 9.51. The molecule has 3 heterocycles. The third-order valence-corrected chi connectivity index (χ3v) is 9.10. The van der Waals surface area contributed by atoms with Crippen LogP contribution < -0.4 is 9.64 Å². The summed E-state index contributed by atoms with van der Waals surface area (Å²) in [7, 11) is 1.69. The highest BCUT2D eigenvalue weighted by Crippen LogP contribution is 2.66. The highest BCUT2D eigenvalue weighted by atomic mass is 16.5. The number of ketones is 1. The number of carbonyl (C=O) groups excluding carboxylic acids is 2. The summed E-state index contributed by atoms with van der Waals surface area (Å²) in [6.07, 6.45) is 5.77. The first-order valence-corrected chi connectivity index (χ1v) is 12.3. The minimum Gasteiger partial charge on any atom is -0.495 e. The van der Waals surface area contributed by atoms with Crippen LogP contribution in [0.5, 0.6) is 5.75 Å². The molecule has 0 bridgehead atoms. The third-order valence-electron chi connectivity index (χ3n) is 9.10. The van der Waals surface area contributed by atoms with Gasteiger partial charge in [-0.3, -0.25) is 14.5 Å². The van der Waals surface area contributed by atoms with Crippen LogP contribution in [0.2, 0.25) is 0 Å². The van der Waals surface area contributed by atoms with Gasteiger partial charge in [0.2, 0.25) is 5.91 Å². The van der Waals surface area contributed by atoms with Gasteiger partial charge in [-0.1, -0.05) is 42.5 Å². The summed E-state index contributed by atoms with van der Waals surface area (Å²) in [4.78, 5) is 31.2. The molecule has 4 aliphatic rings. The van der Waals surface area contributed by atoms with E-state index in [-0.39, 0.29) is 34.6 Å². The maximum absolute atomic E-state index is 13.5. The molecule has 0 aromatic heterocycles. The summed E-state index contributed by atoms with van der Waals surface area (Å²) >= 11 is 0. The maximum Gasteiger partial charge on any atom is 0.224 e. The van der Waals surface area contributed by atoms with Crippen molar-refractivity contribution in [3.63, 3.8) is 0 Å². The van der Waals surface area contributed by atoms with E-state index in [0.29, 0.717) is 6.42 Å². The molecule has 1 saturated carbocycles. The molecule has 1 aliphatic carbocycles. The van der Waals surface area contributed by atoms with Crippen LogP contribution in [-0.2, 0) is 10.2 Å². The van der Waals surface area contributed by atoms with Crippen molar-refractivity contribution in [2.75, 3.05) is 25.1 Å². The molecule has 0 N–H and O–H groups in total. The molecule has 0 radical (unpaired) electrons. The highest BCUT2D eigenvalue weighted by Gasteiger charge is 2.69. The van der Waals surface area contributed by atoms with E-state index in [9.17, 15) is 9.59 Å². The first kappa shape index (κ1) is 20.9. The number of piperidine rings is 1. The van der Waals surface area contributed by atoms with E-state index >= 15 is 0 Å². The normalized spacial score (nSPS) is 32.1. The van der Waals surface area contributed by atoms with Crippen molar-refractivity contribution in [1.29, 1.82) is 0 Å². The Bertz CT molecular complexity index is 1120. The Labute approximate surface area is 195 Å². The van der Waals surface area contributed by atoms with Crippen molar-refractivity contribution in [3.05, 3.63) is 59.7 Å². The van der Waals surface area contributed by atoms with Gasteiger partial charge in [0.1, 0.15) is 5.75 Å². The Morgan fingerprint density at radius 2 is 1.85 bits per heavy atom. The van der Waals surface area contributed by atoms with Crippen molar-refractivity contribution in [2.24, 2.45) is 5.41 Å². The lowest BCUT2D eigenvalue weighted by molar-refractivity contribution is -0.118. The van der Waals surface area contributed by atoms with E-state index < -0.39 is 0 Å². The summed E-state index contributed by atoms with van der Waals surface area (Å²) in [6, 6.07) is 16.5. The fourth-order valence-corrected chi connectivity index (χ4v) is 8.14. The molecule has 3 fully saturated rings. The number of hydrogen-bond acceptors (Lipinski definition) is 4. The standard InChI is InChI=1S/C28H32N2O3/c1-19(31)30-24-12-14-27(18-22(32)20-8-4-3-5-9-20)13-7-16-29-17-15-28(24,26(27)29)21-10-6-11-23(33-2)25(21)30/h3-6,8-11,24,26H,7,12-18H2,1-2H3/t24-,26-,27-,28-/m1/s1. The van der Waals surface area contributed by atoms with Crippen LogP contribution in [0.15, 0.2) is 48.5 Å². The molecule has 0 unspecified atom stereocenters. The smallest absolute Gasteiger partial charge is 0.224 e. The fourth-order valence-electron chi connectivity index (χ4n) is 8.14. The zero-order valence-corrected chi connectivity index (χ0v) is 19.5. The molecule has 2 saturated heterocycles. The summed E-state index contributed by atoms with van der Waals surface area (Å²) in [5, 5.41) is 0. The third kappa shape index (κ3) is 2.75. The van der Waals surface area contributed by atoms with Gasteiger partial charge in [-0.25, -0.2) is 0 Å². The monoisotopic (exact) mass is 444 g/mol. The molecule has 6 rings (SSSR count). The van der Waals surface area contributed by atoms with Gasteiger partial charge in [0.25, 0.3) is 0 Å². The first-order chi connectivity index (χ1) is 16.0. The molecular formula is C28H32N2O3. The van der Waals surface area contributed by atoms with E-state index in [0.717, 1.165) is 62.2 Å². The Balaban J connectivity index is 1.50. The number of para-hydroxylation sites is 1. The number of nitrogens with zero attached hydrogens (tertiary/aromatic N) is 2. The van der Waals surface area contributed by atoms with Crippen molar-refractivity contribution >= 4 is 17.4 Å². The minimum absolute atomic E-state index is 0.0503. The number of carbonyl (C=O) groups is 2. The van der Waals surface area contributed by atoms with Crippen LogP contribution in [0.25, 0.3) is 0 Å². The van der Waals surface area contributed by atoms with Crippen LogP contribution in [0.3, 0.4) is 0 Å². The zero-order valence-electron chi connectivity index (χ0n) is 19.5. The van der Waals surface area contributed by atoms with Crippen LogP contribution in [0.4, 0.5) is 5.69 Å². The van der Waals surface area contributed by atoms with E-state index in [1.807, 2.05) is 41.3 Å². The average Bonchev–Trinajstić information content (AvgIpc) is 3.37. The zero-order chi connectivity index (χ0) is 22.8. The minimum atomic E-state index is -0.134. The van der Waals surface area contributed by atoms with Gasteiger partial charge >= 0.3 is 0 Å². The quantitative estimate of drug-likeness (QED) is 0.648. The molecule has 1 spiro atoms. The van der Waals surface area contributed by atoms with Crippen LogP contribution in [0.1, 0.15) is 61.4 Å². The summed E-state index contributed by atoms with van der Waals surface area (Å²) in [5.74, 6) is 1.13. The van der Waals surface area contributed by atoms with Gasteiger partial charge in [-0.05, 0) is 62.2 Å². The number of rotatable bonds is 4. The van der Waals surface area contributed by atoms with Gasteiger partial charge in [-0.15, -0.1) is 0 Å². The number of methoxy groups -OCH3 is 1. The molecule has 5 heteroatoms. The van der Waals surface area contributed by atoms with Crippen molar-refractivity contribution in [3.8, 4) is 5.75 Å². The first-order valence-electron chi connectivity index (χ1n) is 12.3. The number of anilines is 1. The second-order valence-corrected chi connectivity index (χ2v) is 10.5. The number of fused-ring (bicyclic) bond motifs is 1. The number of Topliss-reactive ketones (excluding diaryl/α,β-unsaturated/α-hetero) is 1. The summed E-state index contributed by atoms with van der Waals surface area (Å²) < 4.78 is 5.77. The number of benzene rings is 2. The van der Waals surface area contributed by atoms with Crippen molar-refractivity contribution < 1.29 is 14.3 Å². The van der Waals surface area contributed by atoms with E-state index in [4.69, 9.17) is 4.74 Å². The molecular weight excluding hydrogens is 412 g/mol. The number of amides is 1. The Morgan fingerprint density at radius 1 is 1.03 bits per heavy atom. The molecule has 1 amide bonds. The molecule has 33 heavy (non-hydrogen) atoms. The Morgan fingerprint density at radius 3 is 2.61 bits per heavy atom. The summed E-state index contributed by atoms with van der Waals surface area (Å²) in [5.41, 5.74) is 2.86. The van der Waals surface area contributed by atoms with Gasteiger partial charge in [-0.2, -0.15) is 0 Å². The Kier molecular flexibility index (Phi) is 4.70. The molecule has 5 nitrogen and oxygen atoms in total. The summed E-state index contributed by atoms with van der Waals surface area (Å²) in [6.45, 7) is 3.80.